The second-order valence-electron chi connectivity index (χ2n) is 4.03. The van der Waals surface area contributed by atoms with Crippen molar-refractivity contribution in [3.63, 3.8) is 0 Å². The summed E-state index contributed by atoms with van der Waals surface area (Å²) in [6.07, 6.45) is 6.84. The molecule has 1 rings (SSSR count). The lowest BCUT2D eigenvalue weighted by molar-refractivity contribution is -0.385. The average Bonchev–Trinajstić information content (AvgIpc) is 2.42. The summed E-state index contributed by atoms with van der Waals surface area (Å²) in [5.74, 6) is 2.82. The van der Waals surface area contributed by atoms with Gasteiger partial charge < -0.3 is 10.1 Å². The lowest BCUT2D eigenvalue weighted by Gasteiger charge is -2.14. The molecule has 5 nitrogen and oxygen atoms in total. The zero-order valence-corrected chi connectivity index (χ0v) is 11.2. The Morgan fingerprint density at radius 1 is 1.53 bits per heavy atom. The van der Waals surface area contributed by atoms with Crippen LogP contribution >= 0.6 is 0 Å². The highest BCUT2D eigenvalue weighted by Gasteiger charge is 2.22. The summed E-state index contributed by atoms with van der Waals surface area (Å²) >= 11 is 0. The fraction of sp³-hybridized carbons (Fsp3) is 0.429. The van der Waals surface area contributed by atoms with Crippen LogP contribution in [0.25, 0.3) is 0 Å². The van der Waals surface area contributed by atoms with E-state index in [9.17, 15) is 10.1 Å². The summed E-state index contributed by atoms with van der Waals surface area (Å²) in [5.41, 5.74) is 0.327. The molecule has 0 spiro atoms. The number of nitrogens with zero attached hydrogens (tertiary/aromatic N) is 1. The highest BCUT2D eigenvalue weighted by molar-refractivity contribution is 5.69. The number of rotatable bonds is 7. The summed E-state index contributed by atoms with van der Waals surface area (Å²) in [5, 5.41) is 14.2. The number of anilines is 1. The molecule has 0 fully saturated rings. The minimum absolute atomic E-state index is 0.0651. The minimum Gasteiger partial charge on any atom is -0.487 e. The van der Waals surface area contributed by atoms with Crippen molar-refractivity contribution in [2.45, 2.75) is 32.7 Å². The predicted octanol–water partition coefficient (Wildman–Crippen LogP) is 3.21. The second kappa shape index (κ2) is 7.27. The molecule has 0 bridgehead atoms. The number of terminal acetylenes is 1. The predicted molar refractivity (Wildman–Crippen MR) is 75.4 cm³/mol. The molecule has 1 aromatic rings. The average molecular weight is 262 g/mol. The summed E-state index contributed by atoms with van der Waals surface area (Å²) in [6.45, 7) is 4.30. The van der Waals surface area contributed by atoms with E-state index in [-0.39, 0.29) is 17.5 Å². The van der Waals surface area contributed by atoms with Crippen molar-refractivity contribution in [3.05, 3.63) is 28.3 Å². The van der Waals surface area contributed by atoms with Crippen LogP contribution in [0.4, 0.5) is 11.4 Å². The van der Waals surface area contributed by atoms with Gasteiger partial charge in [0.25, 0.3) is 0 Å². The van der Waals surface area contributed by atoms with E-state index in [0.717, 1.165) is 6.42 Å². The van der Waals surface area contributed by atoms with Crippen molar-refractivity contribution in [3.8, 4) is 18.1 Å². The van der Waals surface area contributed by atoms with Gasteiger partial charge in [-0.1, -0.05) is 25.8 Å². The molecule has 102 valence electrons. The maximum atomic E-state index is 11.2. The van der Waals surface area contributed by atoms with Gasteiger partial charge in [-0.05, 0) is 25.0 Å². The van der Waals surface area contributed by atoms with Gasteiger partial charge >= 0.3 is 5.69 Å². The second-order valence-corrected chi connectivity index (χ2v) is 4.03. The van der Waals surface area contributed by atoms with Crippen LogP contribution in [-0.2, 0) is 0 Å². The number of para-hydroxylation sites is 1. The monoisotopic (exact) mass is 262 g/mol. The summed E-state index contributed by atoms with van der Waals surface area (Å²) in [6, 6.07) is 4.70. The molecule has 0 radical (unpaired) electrons. The van der Waals surface area contributed by atoms with E-state index >= 15 is 0 Å². The first-order valence-electron chi connectivity index (χ1n) is 6.26. The van der Waals surface area contributed by atoms with Gasteiger partial charge in [0.05, 0.1) is 17.6 Å². The first kappa shape index (κ1) is 14.8. The van der Waals surface area contributed by atoms with Crippen LogP contribution in [0.3, 0.4) is 0 Å². The van der Waals surface area contributed by atoms with E-state index in [2.05, 4.69) is 11.2 Å². The van der Waals surface area contributed by atoms with E-state index in [1.165, 1.54) is 0 Å². The number of ether oxygens (including phenoxy) is 1. The molecule has 0 saturated carbocycles. The molecule has 1 atom stereocenters. The molecule has 0 aromatic heterocycles. The molecule has 0 aliphatic carbocycles. The van der Waals surface area contributed by atoms with Gasteiger partial charge in [0.15, 0.2) is 5.75 Å². The van der Waals surface area contributed by atoms with E-state index < -0.39 is 4.92 Å². The molecule has 5 heteroatoms. The first-order chi connectivity index (χ1) is 9.13. The van der Waals surface area contributed by atoms with E-state index in [1.807, 2.05) is 13.8 Å². The van der Waals surface area contributed by atoms with Crippen molar-refractivity contribution in [1.82, 2.24) is 0 Å². The normalized spacial score (nSPS) is 11.4. The van der Waals surface area contributed by atoms with Gasteiger partial charge in [0.2, 0.25) is 0 Å². The zero-order valence-electron chi connectivity index (χ0n) is 11.2. The third-order valence-corrected chi connectivity index (χ3v) is 2.58. The molecule has 0 amide bonds. The van der Waals surface area contributed by atoms with Crippen LogP contribution < -0.4 is 10.1 Å². The highest BCUT2D eigenvalue weighted by Crippen LogP contribution is 2.35. The molecule has 0 saturated heterocycles. The maximum absolute atomic E-state index is 11.2. The molecule has 1 aromatic carbocycles. The highest BCUT2D eigenvalue weighted by atomic mass is 16.6. The largest absolute Gasteiger partial charge is 0.487 e. The Kier molecular flexibility index (Phi) is 5.68. The van der Waals surface area contributed by atoms with E-state index in [0.29, 0.717) is 18.7 Å². The number of nitrogens with one attached hydrogen (secondary N) is 1. The van der Waals surface area contributed by atoms with E-state index in [4.69, 9.17) is 11.2 Å². The van der Waals surface area contributed by atoms with Crippen molar-refractivity contribution in [2.24, 2.45) is 0 Å². The van der Waals surface area contributed by atoms with Crippen LogP contribution in [0, 0.1) is 22.5 Å². The quantitative estimate of drug-likeness (QED) is 0.465. The lowest BCUT2D eigenvalue weighted by Crippen LogP contribution is -2.17. The Bertz CT molecular complexity index is 480. The van der Waals surface area contributed by atoms with Crippen LogP contribution in [0.5, 0.6) is 5.75 Å². The van der Waals surface area contributed by atoms with Crippen LogP contribution in [0.1, 0.15) is 26.7 Å². The summed E-state index contributed by atoms with van der Waals surface area (Å²) in [4.78, 5) is 10.7. The van der Waals surface area contributed by atoms with Gasteiger partial charge in [-0.3, -0.25) is 10.1 Å². The summed E-state index contributed by atoms with van der Waals surface area (Å²) < 4.78 is 5.40. The fourth-order valence-corrected chi connectivity index (χ4v) is 1.60. The first-order valence-corrected chi connectivity index (χ1v) is 6.26. The Morgan fingerprint density at radius 3 is 2.79 bits per heavy atom. The molecule has 0 aliphatic heterocycles. The zero-order chi connectivity index (χ0) is 14.3. The van der Waals surface area contributed by atoms with Crippen LogP contribution in [0.15, 0.2) is 18.2 Å². The number of benzene rings is 1. The molecule has 0 aliphatic rings. The Morgan fingerprint density at radius 2 is 2.26 bits per heavy atom. The van der Waals surface area contributed by atoms with Crippen molar-refractivity contribution in [2.75, 3.05) is 11.9 Å². The molecule has 0 heterocycles. The third-order valence-electron chi connectivity index (χ3n) is 2.58. The van der Waals surface area contributed by atoms with Gasteiger partial charge in [0, 0.05) is 0 Å². The van der Waals surface area contributed by atoms with Gasteiger partial charge in [-0.15, -0.1) is 6.42 Å². The van der Waals surface area contributed by atoms with Gasteiger partial charge in [-0.2, -0.15) is 0 Å². The maximum Gasteiger partial charge on any atom is 0.333 e. The smallest absolute Gasteiger partial charge is 0.333 e. The molecule has 1 unspecified atom stereocenters. The summed E-state index contributed by atoms with van der Waals surface area (Å²) in [7, 11) is 0. The van der Waals surface area contributed by atoms with Crippen LogP contribution in [-0.4, -0.2) is 17.6 Å². The number of nitro groups is 1. The minimum atomic E-state index is -0.448. The molecular formula is C14H18N2O3. The lowest BCUT2D eigenvalue weighted by atomic mass is 10.2. The number of hydrogen-bond donors (Lipinski definition) is 1. The van der Waals surface area contributed by atoms with Crippen LogP contribution in [0.2, 0.25) is 0 Å². The molecule has 1 N–H and O–H groups in total. The topological polar surface area (TPSA) is 64.4 Å². The van der Waals surface area contributed by atoms with Gasteiger partial charge in [0.1, 0.15) is 5.69 Å². The SMILES string of the molecule is C#CC(CC)Nc1cccc(OCCC)c1[N+](=O)[O-]. The van der Waals surface area contributed by atoms with Gasteiger partial charge in [-0.25, -0.2) is 0 Å². The number of nitro benzene ring substituents is 1. The van der Waals surface area contributed by atoms with E-state index in [1.54, 1.807) is 18.2 Å². The fourth-order valence-electron chi connectivity index (χ4n) is 1.60. The molecule has 19 heavy (non-hydrogen) atoms. The van der Waals surface area contributed by atoms with Crippen molar-refractivity contribution < 1.29 is 9.66 Å². The number of hydrogen-bond acceptors (Lipinski definition) is 4. The van der Waals surface area contributed by atoms with Crippen molar-refractivity contribution in [1.29, 1.82) is 0 Å². The van der Waals surface area contributed by atoms with Crippen molar-refractivity contribution >= 4 is 11.4 Å². The standard InChI is InChI=1S/C14H18N2O3/c1-4-10-19-13-9-7-8-12(14(13)16(17)18)15-11(5-2)6-3/h2,7-9,11,15H,4,6,10H2,1,3H3. The molecular weight excluding hydrogens is 244 g/mol. The Balaban J connectivity index is 3.09. The Hall–Kier alpha value is -2.22. The third kappa shape index (κ3) is 3.88. The Labute approximate surface area is 113 Å².